The van der Waals surface area contributed by atoms with Crippen LogP contribution in [0.2, 0.25) is 0 Å². The summed E-state index contributed by atoms with van der Waals surface area (Å²) in [5.74, 6) is -0.286. The zero-order valence-corrected chi connectivity index (χ0v) is 22.2. The van der Waals surface area contributed by atoms with Gasteiger partial charge < -0.3 is 14.8 Å². The lowest BCUT2D eigenvalue weighted by Crippen LogP contribution is -2.43. The largest absolute Gasteiger partial charge is 0.476 e. The Labute approximate surface area is 220 Å². The number of amides is 1. The van der Waals surface area contributed by atoms with Crippen molar-refractivity contribution in [1.82, 2.24) is 4.98 Å². The molecule has 0 saturated heterocycles. The molecule has 3 rings (SSSR count). The van der Waals surface area contributed by atoms with E-state index >= 15 is 0 Å². The molecule has 1 N–H and O–H groups in total. The molecule has 1 heterocycles. The van der Waals surface area contributed by atoms with E-state index in [1.807, 2.05) is 0 Å². The number of esters is 1. The van der Waals surface area contributed by atoms with Gasteiger partial charge in [-0.15, -0.1) is 0 Å². The Morgan fingerprint density at radius 3 is 2.00 bits per heavy atom. The molecule has 202 valence electrons. The van der Waals surface area contributed by atoms with Crippen LogP contribution in [-0.2, 0) is 26.9 Å². The Morgan fingerprint density at radius 2 is 1.47 bits per heavy atom. The summed E-state index contributed by atoms with van der Waals surface area (Å²) >= 11 is 0. The van der Waals surface area contributed by atoms with Crippen LogP contribution >= 0.6 is 0 Å². The minimum Gasteiger partial charge on any atom is -0.476 e. The summed E-state index contributed by atoms with van der Waals surface area (Å²) in [5, 5.41) is 2.81. The van der Waals surface area contributed by atoms with Crippen LogP contribution in [0.1, 0.15) is 51.4 Å². The van der Waals surface area contributed by atoms with Crippen LogP contribution in [0.15, 0.2) is 60.7 Å². The molecule has 0 aliphatic rings. The van der Waals surface area contributed by atoms with Crippen molar-refractivity contribution in [2.45, 2.75) is 65.3 Å². The van der Waals surface area contributed by atoms with E-state index in [1.54, 1.807) is 77.9 Å². The summed E-state index contributed by atoms with van der Waals surface area (Å²) in [6.45, 7) is 10.3. The number of aromatic nitrogens is 1. The highest BCUT2D eigenvalue weighted by atomic mass is 19.4. The first-order chi connectivity index (χ1) is 17.5. The zero-order valence-electron chi connectivity index (χ0n) is 22.2. The summed E-state index contributed by atoms with van der Waals surface area (Å²) in [6, 6.07) is 14.9. The number of pyridine rings is 1. The number of rotatable bonds is 7. The molecule has 9 heteroatoms. The zero-order chi connectivity index (χ0) is 28.3. The van der Waals surface area contributed by atoms with Crippen LogP contribution in [0.3, 0.4) is 0 Å². The van der Waals surface area contributed by atoms with Gasteiger partial charge in [0.1, 0.15) is 11.4 Å². The van der Waals surface area contributed by atoms with E-state index in [0.29, 0.717) is 28.4 Å². The van der Waals surface area contributed by atoms with Crippen molar-refractivity contribution in [2.75, 3.05) is 5.32 Å². The third kappa shape index (κ3) is 7.81. The van der Waals surface area contributed by atoms with E-state index < -0.39 is 28.9 Å². The van der Waals surface area contributed by atoms with Crippen molar-refractivity contribution < 1.29 is 32.2 Å². The maximum absolute atomic E-state index is 12.8. The minimum absolute atomic E-state index is 0.0931. The van der Waals surface area contributed by atoms with E-state index in [-0.39, 0.29) is 12.3 Å². The van der Waals surface area contributed by atoms with Crippen molar-refractivity contribution in [1.29, 1.82) is 0 Å². The molecule has 0 saturated carbocycles. The van der Waals surface area contributed by atoms with Gasteiger partial charge in [0, 0.05) is 5.56 Å². The second-order valence-corrected chi connectivity index (χ2v) is 10.4. The molecule has 0 spiro atoms. The SMILES string of the molecule is Cc1nc(-c2ccc(C(F)(F)F)cc2)ccc1NC(=O)Cc1ccc(OC(C)(C)C(=O)OC(C)(C)C)cc1. The number of anilines is 1. The number of carbonyl (C=O) groups is 2. The molecule has 1 amide bonds. The Hall–Kier alpha value is -3.88. The van der Waals surface area contributed by atoms with E-state index in [1.165, 1.54) is 12.1 Å². The Kier molecular flexibility index (Phi) is 8.19. The summed E-state index contributed by atoms with van der Waals surface area (Å²) in [5.41, 5.74) is 0.253. The predicted octanol–water partition coefficient (Wildman–Crippen LogP) is 6.76. The van der Waals surface area contributed by atoms with Gasteiger partial charge in [-0.3, -0.25) is 9.78 Å². The number of benzene rings is 2. The lowest BCUT2D eigenvalue weighted by Gasteiger charge is -2.29. The van der Waals surface area contributed by atoms with Gasteiger partial charge >= 0.3 is 12.1 Å². The van der Waals surface area contributed by atoms with Gasteiger partial charge in [-0.1, -0.05) is 24.3 Å². The summed E-state index contributed by atoms with van der Waals surface area (Å²) < 4.78 is 49.6. The van der Waals surface area contributed by atoms with Gasteiger partial charge in [0.05, 0.1) is 29.1 Å². The van der Waals surface area contributed by atoms with E-state index in [9.17, 15) is 22.8 Å². The number of hydrogen-bond donors (Lipinski definition) is 1. The number of alkyl halides is 3. The van der Waals surface area contributed by atoms with E-state index in [4.69, 9.17) is 9.47 Å². The maximum Gasteiger partial charge on any atom is 0.416 e. The molecule has 0 bridgehead atoms. The average Bonchev–Trinajstić information content (AvgIpc) is 2.80. The molecule has 38 heavy (non-hydrogen) atoms. The van der Waals surface area contributed by atoms with Crippen molar-refractivity contribution in [3.05, 3.63) is 77.5 Å². The Bertz CT molecular complexity index is 1290. The fourth-order valence-corrected chi connectivity index (χ4v) is 3.48. The standard InChI is InChI=1S/C29H31F3N2O4/c1-18-23(15-16-24(33-18)20-9-11-21(12-10-20)29(30,31)32)34-25(35)17-19-7-13-22(14-8-19)37-28(5,6)26(36)38-27(2,3)4/h7-16H,17H2,1-6H3,(H,34,35). The van der Waals surface area contributed by atoms with E-state index in [0.717, 1.165) is 17.7 Å². The molecule has 0 aliphatic heterocycles. The number of halogens is 3. The molecule has 0 atom stereocenters. The van der Waals surface area contributed by atoms with Gasteiger partial charge in [0.15, 0.2) is 5.60 Å². The quantitative estimate of drug-likeness (QED) is 0.343. The smallest absolute Gasteiger partial charge is 0.416 e. The fraction of sp³-hybridized carbons (Fsp3) is 0.345. The fourth-order valence-electron chi connectivity index (χ4n) is 3.48. The van der Waals surface area contributed by atoms with Crippen LogP contribution in [0, 0.1) is 6.92 Å². The molecule has 0 radical (unpaired) electrons. The monoisotopic (exact) mass is 528 g/mol. The van der Waals surface area contributed by atoms with Crippen molar-refractivity contribution >= 4 is 17.6 Å². The molecule has 3 aromatic rings. The van der Waals surface area contributed by atoms with Gasteiger partial charge in [0.2, 0.25) is 5.91 Å². The molecule has 1 aromatic heterocycles. The lowest BCUT2D eigenvalue weighted by molar-refractivity contribution is -0.170. The molecular formula is C29H31F3N2O4. The number of nitrogens with zero attached hydrogens (tertiary/aromatic N) is 1. The molecule has 0 unspecified atom stereocenters. The second-order valence-electron chi connectivity index (χ2n) is 10.4. The van der Waals surface area contributed by atoms with Crippen LogP contribution < -0.4 is 10.1 Å². The van der Waals surface area contributed by atoms with Gasteiger partial charge in [0.25, 0.3) is 0 Å². The van der Waals surface area contributed by atoms with Crippen molar-refractivity contribution in [2.24, 2.45) is 0 Å². The second kappa shape index (κ2) is 10.8. The van der Waals surface area contributed by atoms with Crippen LogP contribution in [0.25, 0.3) is 11.3 Å². The molecule has 6 nitrogen and oxygen atoms in total. The average molecular weight is 529 g/mol. The van der Waals surface area contributed by atoms with Crippen molar-refractivity contribution in [3.63, 3.8) is 0 Å². The number of aryl methyl sites for hydroxylation is 1. The highest BCUT2D eigenvalue weighted by Gasteiger charge is 2.35. The summed E-state index contributed by atoms with van der Waals surface area (Å²) in [4.78, 5) is 29.4. The Balaban J connectivity index is 1.60. The summed E-state index contributed by atoms with van der Waals surface area (Å²) in [7, 11) is 0. The predicted molar refractivity (Wildman–Crippen MR) is 139 cm³/mol. The third-order valence-electron chi connectivity index (χ3n) is 5.42. The number of ether oxygens (including phenoxy) is 2. The minimum atomic E-state index is -4.40. The number of hydrogen-bond acceptors (Lipinski definition) is 5. The molecular weight excluding hydrogens is 497 g/mol. The number of carbonyl (C=O) groups excluding carboxylic acids is 2. The van der Waals surface area contributed by atoms with Gasteiger partial charge in [-0.25, -0.2) is 4.79 Å². The first-order valence-corrected chi connectivity index (χ1v) is 12.0. The lowest BCUT2D eigenvalue weighted by atomic mass is 10.1. The van der Waals surface area contributed by atoms with Gasteiger partial charge in [-0.05, 0) is 83.5 Å². The summed E-state index contributed by atoms with van der Waals surface area (Å²) in [6.07, 6.45) is -4.31. The van der Waals surface area contributed by atoms with E-state index in [2.05, 4.69) is 10.3 Å². The highest BCUT2D eigenvalue weighted by molar-refractivity contribution is 5.93. The first kappa shape index (κ1) is 28.7. The third-order valence-corrected chi connectivity index (χ3v) is 5.42. The van der Waals surface area contributed by atoms with Crippen LogP contribution in [-0.4, -0.2) is 28.1 Å². The van der Waals surface area contributed by atoms with Gasteiger partial charge in [-0.2, -0.15) is 13.2 Å². The molecule has 2 aromatic carbocycles. The maximum atomic E-state index is 12.8. The first-order valence-electron chi connectivity index (χ1n) is 12.0. The molecule has 0 aliphatic carbocycles. The normalized spacial score (nSPS) is 12.1. The van der Waals surface area contributed by atoms with Crippen LogP contribution in [0.4, 0.5) is 18.9 Å². The van der Waals surface area contributed by atoms with Crippen LogP contribution in [0.5, 0.6) is 5.75 Å². The van der Waals surface area contributed by atoms with Crippen molar-refractivity contribution in [3.8, 4) is 17.0 Å². The topological polar surface area (TPSA) is 77.5 Å². The number of nitrogens with one attached hydrogen (secondary N) is 1. The Morgan fingerprint density at radius 1 is 0.868 bits per heavy atom. The highest BCUT2D eigenvalue weighted by Crippen LogP contribution is 2.31. The molecule has 0 fully saturated rings.